The molecule has 0 radical (unpaired) electrons. The van der Waals surface area contributed by atoms with E-state index in [1.807, 2.05) is 6.92 Å². The molecule has 0 aromatic carbocycles. The molecule has 0 fully saturated rings. The Morgan fingerprint density at radius 1 is 0.917 bits per heavy atom. The second-order valence-corrected chi connectivity index (χ2v) is 2.59. The first-order chi connectivity index (χ1) is 5.91. The second-order valence-electron chi connectivity index (χ2n) is 2.59. The maximum absolute atomic E-state index is 8.39. The van der Waals surface area contributed by atoms with E-state index >= 15 is 0 Å². The normalized spacial score (nSPS) is 10.5. The van der Waals surface area contributed by atoms with Gasteiger partial charge in [0.05, 0.1) is 13.2 Å². The van der Waals surface area contributed by atoms with Crippen LogP contribution in [-0.4, -0.2) is 38.1 Å². The molecule has 0 aliphatic heterocycles. The molecular formula is C9H20O3. The van der Waals surface area contributed by atoms with Gasteiger partial charge in [0.2, 0.25) is 0 Å². The lowest BCUT2D eigenvalue weighted by Crippen LogP contribution is -2.01. The molecule has 0 saturated heterocycles. The van der Waals surface area contributed by atoms with Crippen LogP contribution in [0, 0.1) is 0 Å². The molecule has 0 aliphatic carbocycles. The quantitative estimate of drug-likeness (QED) is 0.536. The first-order valence-electron chi connectivity index (χ1n) is 4.68. The number of aliphatic hydroxyl groups excluding tert-OH is 1. The van der Waals surface area contributed by atoms with Crippen molar-refractivity contribution in [1.29, 1.82) is 0 Å². The smallest absolute Gasteiger partial charge is 0.0697 e. The molecule has 0 atom stereocenters. The van der Waals surface area contributed by atoms with Gasteiger partial charge in [0, 0.05) is 19.8 Å². The van der Waals surface area contributed by atoms with Gasteiger partial charge in [-0.25, -0.2) is 0 Å². The molecule has 74 valence electrons. The molecule has 0 bridgehead atoms. The van der Waals surface area contributed by atoms with E-state index in [9.17, 15) is 0 Å². The molecule has 12 heavy (non-hydrogen) atoms. The van der Waals surface area contributed by atoms with Crippen LogP contribution in [0.4, 0.5) is 0 Å². The highest BCUT2D eigenvalue weighted by Crippen LogP contribution is 1.96. The number of hydrogen-bond donors (Lipinski definition) is 1. The van der Waals surface area contributed by atoms with E-state index in [0.717, 1.165) is 39.1 Å². The molecule has 0 rings (SSSR count). The van der Waals surface area contributed by atoms with Crippen molar-refractivity contribution in [3.63, 3.8) is 0 Å². The molecule has 3 nitrogen and oxygen atoms in total. The number of unbranched alkanes of at least 4 members (excludes halogenated alkanes) is 2. The lowest BCUT2D eigenvalue weighted by molar-refractivity contribution is 0.0868. The van der Waals surface area contributed by atoms with Gasteiger partial charge in [-0.3, -0.25) is 0 Å². The highest BCUT2D eigenvalue weighted by atomic mass is 16.5. The average Bonchev–Trinajstić information content (AvgIpc) is 2.10. The fraction of sp³-hybridized carbons (Fsp3) is 1.00. The SMILES string of the molecule is CCOCCCCCOCCO. The summed E-state index contributed by atoms with van der Waals surface area (Å²) in [5, 5.41) is 8.39. The molecule has 1 N–H and O–H groups in total. The van der Waals surface area contributed by atoms with Gasteiger partial charge in [0.1, 0.15) is 0 Å². The first-order valence-corrected chi connectivity index (χ1v) is 4.68. The molecule has 0 unspecified atom stereocenters. The van der Waals surface area contributed by atoms with E-state index in [4.69, 9.17) is 14.6 Å². The molecule has 0 aromatic heterocycles. The summed E-state index contributed by atoms with van der Waals surface area (Å²) in [4.78, 5) is 0. The Bertz CT molecular complexity index is 66.2. The Hall–Kier alpha value is -0.120. The summed E-state index contributed by atoms with van der Waals surface area (Å²) >= 11 is 0. The molecule has 0 saturated carbocycles. The maximum atomic E-state index is 8.39. The van der Waals surface area contributed by atoms with Gasteiger partial charge in [-0.2, -0.15) is 0 Å². The summed E-state index contributed by atoms with van der Waals surface area (Å²) in [6.07, 6.45) is 3.31. The van der Waals surface area contributed by atoms with Crippen LogP contribution in [0.25, 0.3) is 0 Å². The van der Waals surface area contributed by atoms with Crippen molar-refractivity contribution in [1.82, 2.24) is 0 Å². The van der Waals surface area contributed by atoms with Gasteiger partial charge in [0.15, 0.2) is 0 Å². The Kier molecular flexibility index (Phi) is 10.8. The van der Waals surface area contributed by atoms with Crippen LogP contribution in [0.5, 0.6) is 0 Å². The van der Waals surface area contributed by atoms with E-state index in [0.29, 0.717) is 6.61 Å². The van der Waals surface area contributed by atoms with E-state index in [-0.39, 0.29) is 6.61 Å². The standard InChI is InChI=1S/C9H20O3/c1-2-11-7-4-3-5-8-12-9-6-10/h10H,2-9H2,1H3. The molecule has 0 aliphatic rings. The summed E-state index contributed by atoms with van der Waals surface area (Å²) in [6, 6.07) is 0. The molecule has 0 heterocycles. The van der Waals surface area contributed by atoms with E-state index in [1.165, 1.54) is 0 Å². The number of ether oxygens (including phenoxy) is 2. The summed E-state index contributed by atoms with van der Waals surface area (Å²) in [5.41, 5.74) is 0. The second kappa shape index (κ2) is 10.9. The molecule has 3 heteroatoms. The fourth-order valence-corrected chi connectivity index (χ4v) is 0.896. The van der Waals surface area contributed by atoms with Crippen molar-refractivity contribution in [3.8, 4) is 0 Å². The van der Waals surface area contributed by atoms with Crippen LogP contribution in [0.2, 0.25) is 0 Å². The number of rotatable bonds is 9. The highest BCUT2D eigenvalue weighted by Gasteiger charge is 1.89. The Labute approximate surface area is 74.7 Å². The molecule has 0 aromatic rings. The van der Waals surface area contributed by atoms with Crippen molar-refractivity contribution >= 4 is 0 Å². The van der Waals surface area contributed by atoms with Crippen molar-refractivity contribution in [2.24, 2.45) is 0 Å². The fourth-order valence-electron chi connectivity index (χ4n) is 0.896. The number of hydrogen-bond acceptors (Lipinski definition) is 3. The summed E-state index contributed by atoms with van der Waals surface area (Å²) in [7, 11) is 0. The Morgan fingerprint density at radius 3 is 2.17 bits per heavy atom. The Morgan fingerprint density at radius 2 is 1.58 bits per heavy atom. The predicted molar refractivity (Wildman–Crippen MR) is 48.2 cm³/mol. The van der Waals surface area contributed by atoms with E-state index in [1.54, 1.807) is 0 Å². The first kappa shape index (κ1) is 11.9. The summed E-state index contributed by atoms with van der Waals surface area (Å²) in [6.45, 7) is 5.01. The highest BCUT2D eigenvalue weighted by molar-refractivity contribution is 4.40. The van der Waals surface area contributed by atoms with Crippen LogP contribution < -0.4 is 0 Å². The maximum Gasteiger partial charge on any atom is 0.0697 e. The van der Waals surface area contributed by atoms with E-state index < -0.39 is 0 Å². The topological polar surface area (TPSA) is 38.7 Å². The zero-order valence-corrected chi connectivity index (χ0v) is 7.92. The van der Waals surface area contributed by atoms with Crippen LogP contribution in [0.15, 0.2) is 0 Å². The van der Waals surface area contributed by atoms with Crippen molar-refractivity contribution < 1.29 is 14.6 Å². The third-order valence-electron chi connectivity index (χ3n) is 1.52. The van der Waals surface area contributed by atoms with Gasteiger partial charge < -0.3 is 14.6 Å². The zero-order valence-electron chi connectivity index (χ0n) is 7.92. The number of aliphatic hydroxyl groups is 1. The molecule has 0 spiro atoms. The third-order valence-corrected chi connectivity index (χ3v) is 1.52. The third kappa shape index (κ3) is 9.88. The summed E-state index contributed by atoms with van der Waals surface area (Å²) in [5.74, 6) is 0. The minimum absolute atomic E-state index is 0.124. The van der Waals surface area contributed by atoms with Gasteiger partial charge in [0.25, 0.3) is 0 Å². The van der Waals surface area contributed by atoms with Gasteiger partial charge in [-0.1, -0.05) is 0 Å². The van der Waals surface area contributed by atoms with Crippen molar-refractivity contribution in [2.75, 3.05) is 33.0 Å². The van der Waals surface area contributed by atoms with Crippen LogP contribution in [-0.2, 0) is 9.47 Å². The minimum Gasteiger partial charge on any atom is -0.394 e. The summed E-state index contributed by atoms with van der Waals surface area (Å²) < 4.78 is 10.3. The van der Waals surface area contributed by atoms with Crippen LogP contribution in [0.1, 0.15) is 26.2 Å². The van der Waals surface area contributed by atoms with Crippen LogP contribution in [0.3, 0.4) is 0 Å². The molecular weight excluding hydrogens is 156 g/mol. The average molecular weight is 176 g/mol. The van der Waals surface area contributed by atoms with Crippen molar-refractivity contribution in [3.05, 3.63) is 0 Å². The monoisotopic (exact) mass is 176 g/mol. The van der Waals surface area contributed by atoms with Gasteiger partial charge in [-0.05, 0) is 26.2 Å². The molecule has 0 amide bonds. The van der Waals surface area contributed by atoms with E-state index in [2.05, 4.69) is 0 Å². The lowest BCUT2D eigenvalue weighted by atomic mass is 10.2. The van der Waals surface area contributed by atoms with Gasteiger partial charge >= 0.3 is 0 Å². The predicted octanol–water partition coefficient (Wildman–Crippen LogP) is 1.20. The van der Waals surface area contributed by atoms with Crippen LogP contribution >= 0.6 is 0 Å². The lowest BCUT2D eigenvalue weighted by Gasteiger charge is -2.02. The Balaban J connectivity index is 2.73. The minimum atomic E-state index is 0.124. The largest absolute Gasteiger partial charge is 0.394 e. The zero-order chi connectivity index (χ0) is 9.07. The van der Waals surface area contributed by atoms with Crippen molar-refractivity contribution in [2.45, 2.75) is 26.2 Å². The van der Waals surface area contributed by atoms with Gasteiger partial charge in [-0.15, -0.1) is 0 Å².